The smallest absolute Gasteiger partial charge is 0.0704 e. The Morgan fingerprint density at radius 2 is 2.00 bits per heavy atom. The minimum atomic E-state index is 0.411. The minimum absolute atomic E-state index is 0.411. The Labute approximate surface area is 76.5 Å². The predicted molar refractivity (Wildman–Crippen MR) is 51.6 cm³/mol. The molecule has 0 aromatic heterocycles. The Morgan fingerprint density at radius 3 is 2.50 bits per heavy atom. The van der Waals surface area contributed by atoms with E-state index in [0.717, 1.165) is 17.8 Å². The highest BCUT2D eigenvalue weighted by molar-refractivity contribution is 4.81. The van der Waals surface area contributed by atoms with Gasteiger partial charge in [0, 0.05) is 0 Å². The fraction of sp³-hybridized carbons (Fsp3) is 0.909. The van der Waals surface area contributed by atoms with Gasteiger partial charge >= 0.3 is 0 Å². The van der Waals surface area contributed by atoms with Gasteiger partial charge in [0.25, 0.3) is 0 Å². The summed E-state index contributed by atoms with van der Waals surface area (Å²) < 4.78 is 5.29. The Balaban J connectivity index is 2.50. The summed E-state index contributed by atoms with van der Waals surface area (Å²) in [6.45, 7) is 6.88. The molecule has 2 unspecified atom stereocenters. The van der Waals surface area contributed by atoms with Gasteiger partial charge in [0.15, 0.2) is 0 Å². The Hall–Kier alpha value is -0.0400. The zero-order valence-electron chi connectivity index (χ0n) is 8.55. The SMILES string of the molecule is [CH2]OC1C[C@H](C)CCC1C(C)C. The van der Waals surface area contributed by atoms with E-state index >= 15 is 0 Å². The number of hydrogen-bond donors (Lipinski definition) is 0. The zero-order valence-corrected chi connectivity index (χ0v) is 8.55. The molecule has 0 heterocycles. The Morgan fingerprint density at radius 1 is 1.33 bits per heavy atom. The summed E-state index contributed by atoms with van der Waals surface area (Å²) >= 11 is 0. The molecule has 1 aliphatic carbocycles. The quantitative estimate of drug-likeness (QED) is 0.616. The van der Waals surface area contributed by atoms with Gasteiger partial charge in [0.05, 0.1) is 13.2 Å². The summed E-state index contributed by atoms with van der Waals surface area (Å²) in [5, 5.41) is 0. The number of hydrogen-bond acceptors (Lipinski definition) is 1. The van der Waals surface area contributed by atoms with E-state index in [1.807, 2.05) is 0 Å². The van der Waals surface area contributed by atoms with Crippen molar-refractivity contribution in [2.24, 2.45) is 17.8 Å². The summed E-state index contributed by atoms with van der Waals surface area (Å²) in [6.07, 6.45) is 4.29. The van der Waals surface area contributed by atoms with Crippen LogP contribution in [0.2, 0.25) is 0 Å². The van der Waals surface area contributed by atoms with Crippen molar-refractivity contribution in [1.82, 2.24) is 0 Å². The molecule has 71 valence electrons. The van der Waals surface area contributed by atoms with Gasteiger partial charge in [-0.05, 0) is 30.6 Å². The van der Waals surface area contributed by atoms with Crippen LogP contribution in [0.15, 0.2) is 0 Å². The molecule has 1 radical (unpaired) electrons. The van der Waals surface area contributed by atoms with Crippen molar-refractivity contribution in [2.45, 2.75) is 46.1 Å². The molecule has 0 aliphatic heterocycles. The highest BCUT2D eigenvalue weighted by atomic mass is 16.5. The Bertz CT molecular complexity index is 131. The van der Waals surface area contributed by atoms with E-state index in [1.165, 1.54) is 19.3 Å². The molecule has 1 saturated carbocycles. The first-order valence-electron chi connectivity index (χ1n) is 5.06. The van der Waals surface area contributed by atoms with Crippen molar-refractivity contribution in [3.63, 3.8) is 0 Å². The van der Waals surface area contributed by atoms with Crippen molar-refractivity contribution in [3.8, 4) is 0 Å². The van der Waals surface area contributed by atoms with Crippen molar-refractivity contribution >= 4 is 0 Å². The maximum Gasteiger partial charge on any atom is 0.0704 e. The molecule has 1 fully saturated rings. The molecule has 1 heteroatoms. The molecular weight excluding hydrogens is 148 g/mol. The highest BCUT2D eigenvalue weighted by Crippen LogP contribution is 2.34. The van der Waals surface area contributed by atoms with Gasteiger partial charge in [0.1, 0.15) is 0 Å². The van der Waals surface area contributed by atoms with Crippen LogP contribution in [-0.2, 0) is 4.74 Å². The van der Waals surface area contributed by atoms with Gasteiger partial charge in [-0.1, -0.05) is 27.2 Å². The van der Waals surface area contributed by atoms with E-state index in [2.05, 4.69) is 27.9 Å². The van der Waals surface area contributed by atoms with E-state index in [0.29, 0.717) is 6.10 Å². The fourth-order valence-corrected chi connectivity index (χ4v) is 2.31. The molecule has 1 aliphatic rings. The summed E-state index contributed by atoms with van der Waals surface area (Å²) in [5.74, 6) is 2.30. The van der Waals surface area contributed by atoms with Crippen molar-refractivity contribution in [1.29, 1.82) is 0 Å². The molecule has 0 aromatic rings. The van der Waals surface area contributed by atoms with Crippen LogP contribution in [0.1, 0.15) is 40.0 Å². The summed E-state index contributed by atoms with van der Waals surface area (Å²) in [5.41, 5.74) is 0. The largest absolute Gasteiger partial charge is 0.376 e. The molecule has 0 bridgehead atoms. The molecule has 0 N–H and O–H groups in total. The van der Waals surface area contributed by atoms with E-state index in [-0.39, 0.29) is 0 Å². The number of rotatable bonds is 2. The van der Waals surface area contributed by atoms with Gasteiger partial charge in [-0.3, -0.25) is 0 Å². The lowest BCUT2D eigenvalue weighted by Gasteiger charge is -2.36. The normalized spacial score (nSPS) is 37.2. The summed E-state index contributed by atoms with van der Waals surface area (Å²) in [7, 11) is 3.58. The molecule has 0 spiro atoms. The Kier molecular flexibility index (Phi) is 3.57. The van der Waals surface area contributed by atoms with Gasteiger partial charge in [-0.25, -0.2) is 0 Å². The first-order chi connectivity index (χ1) is 5.65. The van der Waals surface area contributed by atoms with Gasteiger partial charge in [0.2, 0.25) is 0 Å². The molecule has 0 aromatic carbocycles. The molecule has 1 nitrogen and oxygen atoms in total. The summed E-state index contributed by atoms with van der Waals surface area (Å²) in [4.78, 5) is 0. The third kappa shape index (κ3) is 2.22. The van der Waals surface area contributed by atoms with Crippen LogP contribution < -0.4 is 0 Å². The lowest BCUT2D eigenvalue weighted by atomic mass is 9.75. The average molecular weight is 169 g/mol. The molecule has 3 atom stereocenters. The van der Waals surface area contributed by atoms with E-state index < -0.39 is 0 Å². The monoisotopic (exact) mass is 169 g/mol. The van der Waals surface area contributed by atoms with Crippen LogP contribution in [0.4, 0.5) is 0 Å². The van der Waals surface area contributed by atoms with Crippen LogP contribution >= 0.6 is 0 Å². The molecule has 12 heavy (non-hydrogen) atoms. The van der Waals surface area contributed by atoms with Gasteiger partial charge < -0.3 is 4.74 Å². The average Bonchev–Trinajstić information content (AvgIpc) is 2.03. The third-order valence-corrected chi connectivity index (χ3v) is 3.18. The first kappa shape index (κ1) is 10.0. The standard InChI is InChI=1S/C11H21O/c1-8(2)10-6-5-9(3)7-11(10)12-4/h8-11H,4-7H2,1-3H3/t9-,10?,11?/m1/s1. The highest BCUT2D eigenvalue weighted by Gasteiger charge is 2.30. The maximum atomic E-state index is 5.29. The molecule has 1 rings (SSSR count). The van der Waals surface area contributed by atoms with Crippen molar-refractivity contribution in [2.75, 3.05) is 0 Å². The van der Waals surface area contributed by atoms with Crippen molar-refractivity contribution in [3.05, 3.63) is 7.11 Å². The lowest BCUT2D eigenvalue weighted by molar-refractivity contribution is 0.00996. The van der Waals surface area contributed by atoms with Crippen LogP contribution in [0.5, 0.6) is 0 Å². The van der Waals surface area contributed by atoms with E-state index in [9.17, 15) is 0 Å². The van der Waals surface area contributed by atoms with Crippen LogP contribution in [0, 0.1) is 24.9 Å². The molecule has 0 amide bonds. The predicted octanol–water partition coefficient (Wildman–Crippen LogP) is 3.26. The lowest BCUT2D eigenvalue weighted by Crippen LogP contribution is -2.32. The second kappa shape index (κ2) is 4.27. The minimum Gasteiger partial charge on any atom is -0.376 e. The number of ether oxygens (including phenoxy) is 1. The third-order valence-electron chi connectivity index (χ3n) is 3.18. The van der Waals surface area contributed by atoms with Crippen LogP contribution in [0.25, 0.3) is 0 Å². The van der Waals surface area contributed by atoms with Crippen LogP contribution in [-0.4, -0.2) is 6.10 Å². The molecular formula is C11H21O. The van der Waals surface area contributed by atoms with Crippen molar-refractivity contribution < 1.29 is 4.74 Å². The van der Waals surface area contributed by atoms with E-state index in [4.69, 9.17) is 4.74 Å². The summed E-state index contributed by atoms with van der Waals surface area (Å²) in [6, 6.07) is 0. The molecule has 0 saturated heterocycles. The van der Waals surface area contributed by atoms with Gasteiger partial charge in [-0.15, -0.1) is 0 Å². The van der Waals surface area contributed by atoms with Crippen LogP contribution in [0.3, 0.4) is 0 Å². The fourth-order valence-electron chi connectivity index (χ4n) is 2.31. The maximum absolute atomic E-state index is 5.29. The van der Waals surface area contributed by atoms with Gasteiger partial charge in [-0.2, -0.15) is 0 Å². The zero-order chi connectivity index (χ0) is 9.14. The second-order valence-electron chi connectivity index (χ2n) is 4.53. The van der Waals surface area contributed by atoms with E-state index in [1.54, 1.807) is 0 Å². The second-order valence-corrected chi connectivity index (χ2v) is 4.53. The topological polar surface area (TPSA) is 9.23 Å². The first-order valence-corrected chi connectivity index (χ1v) is 5.06.